The number of benzene rings is 1. The minimum absolute atomic E-state index is 0.0590. The lowest BCUT2D eigenvalue weighted by Gasteiger charge is -2.13. The molecule has 23 heavy (non-hydrogen) atoms. The zero-order valence-electron chi connectivity index (χ0n) is 12.2. The van der Waals surface area contributed by atoms with Crippen molar-refractivity contribution in [1.82, 2.24) is 5.43 Å². The molecule has 0 spiro atoms. The highest BCUT2D eigenvalue weighted by Crippen LogP contribution is 2.28. The van der Waals surface area contributed by atoms with E-state index >= 15 is 0 Å². The van der Waals surface area contributed by atoms with Crippen LogP contribution in [0.3, 0.4) is 0 Å². The molecule has 6 nitrogen and oxygen atoms in total. The second-order valence-corrected chi connectivity index (χ2v) is 3.94. The van der Waals surface area contributed by atoms with Crippen LogP contribution < -0.4 is 14.9 Å². The van der Waals surface area contributed by atoms with Crippen molar-refractivity contribution in [1.29, 1.82) is 0 Å². The molecule has 128 valence electrons. The lowest BCUT2D eigenvalue weighted by molar-refractivity contribution is -0.0543. The lowest BCUT2D eigenvalue weighted by atomic mass is 10.1. The molecule has 0 unspecified atom stereocenters. The number of nitrogens with zero attached hydrogens (tertiary/aromatic N) is 1. The SMILES string of the molecule is CCOC(=O)N/N=C(\C)c1ccc(OC(F)F)cc1OC(F)F. The molecular formula is C13H14F4N2O4. The van der Waals surface area contributed by atoms with E-state index in [1.54, 1.807) is 6.92 Å². The summed E-state index contributed by atoms with van der Waals surface area (Å²) >= 11 is 0. The Bertz CT molecular complexity index is 567. The second-order valence-electron chi connectivity index (χ2n) is 3.94. The normalized spacial score (nSPS) is 11.6. The number of hydrogen-bond donors (Lipinski definition) is 1. The van der Waals surface area contributed by atoms with E-state index in [2.05, 4.69) is 19.3 Å². The minimum Gasteiger partial charge on any atom is -0.449 e. The molecule has 0 aliphatic carbocycles. The fraction of sp³-hybridized carbons (Fsp3) is 0.385. The first-order valence-corrected chi connectivity index (χ1v) is 6.34. The van der Waals surface area contributed by atoms with Crippen LogP contribution in [0.5, 0.6) is 11.5 Å². The van der Waals surface area contributed by atoms with Gasteiger partial charge in [-0.1, -0.05) is 0 Å². The summed E-state index contributed by atoms with van der Waals surface area (Å²) in [5, 5.41) is 3.65. The summed E-state index contributed by atoms with van der Waals surface area (Å²) in [6, 6.07) is 3.20. The number of ether oxygens (including phenoxy) is 3. The molecule has 0 aliphatic heterocycles. The lowest BCUT2D eigenvalue weighted by Crippen LogP contribution is -2.20. The Labute approximate surface area is 129 Å². The van der Waals surface area contributed by atoms with Crippen LogP contribution in [0.25, 0.3) is 0 Å². The molecule has 0 aliphatic rings. The van der Waals surface area contributed by atoms with Crippen LogP contribution in [0.15, 0.2) is 23.3 Å². The van der Waals surface area contributed by atoms with Crippen LogP contribution in [0.2, 0.25) is 0 Å². The molecule has 1 N–H and O–H groups in total. The van der Waals surface area contributed by atoms with E-state index in [1.165, 1.54) is 13.0 Å². The molecule has 10 heteroatoms. The van der Waals surface area contributed by atoms with E-state index in [0.717, 1.165) is 12.1 Å². The standard InChI is InChI=1S/C13H14F4N2O4/c1-3-21-13(20)19-18-7(2)9-5-4-8(22-11(14)15)6-10(9)23-12(16)17/h4-6,11-12H,3H2,1-2H3,(H,19,20)/b18-7+. The summed E-state index contributed by atoms with van der Waals surface area (Å²) in [7, 11) is 0. The Balaban J connectivity index is 3.02. The minimum atomic E-state index is -3.18. The predicted molar refractivity (Wildman–Crippen MR) is 72.1 cm³/mol. The van der Waals surface area contributed by atoms with E-state index in [1.807, 2.05) is 5.43 Å². The number of hydrazone groups is 1. The van der Waals surface area contributed by atoms with Gasteiger partial charge in [0.15, 0.2) is 0 Å². The molecule has 1 aromatic carbocycles. The number of carbonyl (C=O) groups excluding carboxylic acids is 1. The molecule has 1 aromatic rings. The number of amides is 1. The summed E-state index contributed by atoms with van der Waals surface area (Å²) in [6.07, 6.45) is -0.833. The van der Waals surface area contributed by atoms with Gasteiger partial charge in [-0.2, -0.15) is 22.7 Å². The fourth-order valence-electron chi connectivity index (χ4n) is 1.52. The predicted octanol–water partition coefficient (Wildman–Crippen LogP) is 3.36. The number of hydrogen-bond acceptors (Lipinski definition) is 5. The van der Waals surface area contributed by atoms with Gasteiger partial charge in [0.05, 0.1) is 12.3 Å². The molecule has 0 saturated carbocycles. The Kier molecular flexibility index (Phi) is 7.10. The van der Waals surface area contributed by atoms with Gasteiger partial charge in [-0.05, 0) is 26.0 Å². The fourth-order valence-corrected chi connectivity index (χ4v) is 1.52. The third kappa shape index (κ3) is 6.41. The topological polar surface area (TPSA) is 69.2 Å². The number of nitrogens with one attached hydrogen (secondary N) is 1. The van der Waals surface area contributed by atoms with Gasteiger partial charge < -0.3 is 14.2 Å². The van der Waals surface area contributed by atoms with Gasteiger partial charge in [0, 0.05) is 11.6 Å². The highest BCUT2D eigenvalue weighted by molar-refractivity contribution is 6.01. The maximum absolute atomic E-state index is 12.4. The summed E-state index contributed by atoms with van der Waals surface area (Å²) in [4.78, 5) is 11.1. The average molecular weight is 338 g/mol. The molecule has 0 radical (unpaired) electrons. The van der Waals surface area contributed by atoms with Gasteiger partial charge in [-0.15, -0.1) is 0 Å². The van der Waals surface area contributed by atoms with Gasteiger partial charge in [0.2, 0.25) is 0 Å². The maximum atomic E-state index is 12.4. The molecule has 1 amide bonds. The third-order valence-electron chi connectivity index (χ3n) is 2.37. The van der Waals surface area contributed by atoms with Gasteiger partial charge in [-0.25, -0.2) is 10.2 Å². The van der Waals surface area contributed by atoms with E-state index < -0.39 is 25.1 Å². The van der Waals surface area contributed by atoms with Crippen molar-refractivity contribution in [3.05, 3.63) is 23.8 Å². The molecule has 0 heterocycles. The van der Waals surface area contributed by atoms with Crippen molar-refractivity contribution in [2.45, 2.75) is 27.1 Å². The molecule has 0 fully saturated rings. The average Bonchev–Trinajstić information content (AvgIpc) is 2.44. The van der Waals surface area contributed by atoms with Crippen LogP contribution in [0, 0.1) is 0 Å². The van der Waals surface area contributed by atoms with Crippen LogP contribution >= 0.6 is 0 Å². The second kappa shape index (κ2) is 8.81. The molecule has 0 bridgehead atoms. The third-order valence-corrected chi connectivity index (χ3v) is 2.37. The number of rotatable bonds is 7. The van der Waals surface area contributed by atoms with Crippen molar-refractivity contribution < 1.29 is 36.6 Å². The van der Waals surface area contributed by atoms with Gasteiger partial charge >= 0.3 is 19.3 Å². The smallest absolute Gasteiger partial charge is 0.427 e. The van der Waals surface area contributed by atoms with Crippen molar-refractivity contribution in [2.24, 2.45) is 5.10 Å². The maximum Gasteiger partial charge on any atom is 0.427 e. The van der Waals surface area contributed by atoms with Crippen LogP contribution in [-0.2, 0) is 4.74 Å². The van der Waals surface area contributed by atoms with Crippen LogP contribution in [0.1, 0.15) is 19.4 Å². The molecule has 0 saturated heterocycles. The van der Waals surface area contributed by atoms with Crippen molar-refractivity contribution in [2.75, 3.05) is 6.61 Å². The summed E-state index contributed by atoms with van der Waals surface area (Å²) in [5.41, 5.74) is 2.20. The zero-order valence-corrected chi connectivity index (χ0v) is 12.2. The van der Waals surface area contributed by atoms with Crippen molar-refractivity contribution in [3.63, 3.8) is 0 Å². The molecule has 0 aromatic heterocycles. The summed E-state index contributed by atoms with van der Waals surface area (Å²) in [6.45, 7) is -3.18. The zero-order chi connectivity index (χ0) is 17.4. The largest absolute Gasteiger partial charge is 0.449 e. The monoisotopic (exact) mass is 338 g/mol. The molecular weight excluding hydrogens is 324 g/mol. The quantitative estimate of drug-likeness (QED) is 0.470. The Hall–Kier alpha value is -2.52. The highest BCUT2D eigenvalue weighted by Gasteiger charge is 2.15. The number of halogens is 4. The van der Waals surface area contributed by atoms with Gasteiger partial charge in [-0.3, -0.25) is 0 Å². The number of carbonyl (C=O) groups is 1. The molecule has 0 atom stereocenters. The van der Waals surface area contributed by atoms with Crippen LogP contribution in [0.4, 0.5) is 22.4 Å². The first-order chi connectivity index (χ1) is 10.8. The van der Waals surface area contributed by atoms with E-state index in [9.17, 15) is 22.4 Å². The van der Waals surface area contributed by atoms with Crippen LogP contribution in [-0.4, -0.2) is 31.6 Å². The van der Waals surface area contributed by atoms with E-state index in [4.69, 9.17) is 0 Å². The van der Waals surface area contributed by atoms with Crippen molar-refractivity contribution >= 4 is 11.8 Å². The van der Waals surface area contributed by atoms with Gasteiger partial charge in [0.25, 0.3) is 0 Å². The Morgan fingerprint density at radius 1 is 1.22 bits per heavy atom. The molecule has 1 rings (SSSR count). The summed E-state index contributed by atoms with van der Waals surface area (Å²) < 4.78 is 62.1. The Morgan fingerprint density at radius 3 is 2.43 bits per heavy atom. The summed E-state index contributed by atoms with van der Waals surface area (Å²) in [5.74, 6) is -0.782. The highest BCUT2D eigenvalue weighted by atomic mass is 19.3. The first kappa shape index (κ1) is 18.5. The number of alkyl halides is 4. The van der Waals surface area contributed by atoms with Gasteiger partial charge in [0.1, 0.15) is 11.5 Å². The first-order valence-electron chi connectivity index (χ1n) is 6.34. The van der Waals surface area contributed by atoms with E-state index in [-0.39, 0.29) is 23.6 Å². The van der Waals surface area contributed by atoms with Crippen molar-refractivity contribution in [3.8, 4) is 11.5 Å². The van der Waals surface area contributed by atoms with E-state index in [0.29, 0.717) is 0 Å². The Morgan fingerprint density at radius 2 is 1.87 bits per heavy atom.